The number of carbonyl (C=O) groups is 1. The average molecular weight is 407 g/mol. The third-order valence-electron chi connectivity index (χ3n) is 6.32. The molecule has 2 aliphatic heterocycles. The molecule has 30 heavy (non-hydrogen) atoms. The van der Waals surface area contributed by atoms with Crippen molar-refractivity contribution in [2.24, 2.45) is 0 Å². The zero-order valence-corrected chi connectivity index (χ0v) is 19.0. The minimum atomic E-state index is 0.0655. The maximum Gasteiger partial charge on any atom is 0.258 e. The Morgan fingerprint density at radius 2 is 1.87 bits per heavy atom. The molecule has 0 N–H and O–H groups in total. The third kappa shape index (κ3) is 4.17. The van der Waals surface area contributed by atoms with E-state index in [4.69, 9.17) is 4.74 Å². The maximum absolute atomic E-state index is 13.6. The van der Waals surface area contributed by atoms with Crippen molar-refractivity contribution in [1.82, 2.24) is 4.90 Å². The van der Waals surface area contributed by atoms with Crippen molar-refractivity contribution in [3.63, 3.8) is 0 Å². The summed E-state index contributed by atoms with van der Waals surface area (Å²) in [6.07, 6.45) is 1.98. The summed E-state index contributed by atoms with van der Waals surface area (Å²) >= 11 is 0. The molecule has 0 aliphatic carbocycles. The van der Waals surface area contributed by atoms with Crippen LogP contribution in [0, 0.1) is 0 Å². The minimum absolute atomic E-state index is 0.0655. The Hall–Kier alpha value is -2.17. The lowest BCUT2D eigenvalue weighted by Gasteiger charge is -2.32. The fraction of sp³-hybridized carbons (Fsp3) is 0.500. The second kappa shape index (κ2) is 8.16. The van der Waals surface area contributed by atoms with Gasteiger partial charge in [-0.15, -0.1) is 0 Å². The zero-order chi connectivity index (χ0) is 21.5. The Morgan fingerprint density at radius 1 is 1.13 bits per heavy atom. The standard InChI is InChI=1S/C26H34N2O2/c1-26(2,3)22-14-19-10-12-28(25(29)24(19)21(15-22)16-27(4)5)23-8-6-18(7-9-23)20-11-13-30-17-20/h6-9,14-15,20H,10-13,16-17H2,1-5H3. The molecule has 2 aromatic carbocycles. The van der Waals surface area contributed by atoms with E-state index in [0.717, 1.165) is 56.0 Å². The smallest absolute Gasteiger partial charge is 0.258 e. The molecule has 1 atom stereocenters. The Kier molecular flexibility index (Phi) is 5.73. The molecule has 1 amide bonds. The maximum atomic E-state index is 13.6. The van der Waals surface area contributed by atoms with Gasteiger partial charge in [-0.05, 0) is 66.7 Å². The van der Waals surface area contributed by atoms with Crippen molar-refractivity contribution in [3.8, 4) is 0 Å². The van der Waals surface area contributed by atoms with Crippen molar-refractivity contribution in [2.75, 3.05) is 38.8 Å². The Morgan fingerprint density at radius 3 is 2.47 bits per heavy atom. The highest BCUT2D eigenvalue weighted by Crippen LogP contribution is 2.33. The number of hydrogen-bond acceptors (Lipinski definition) is 3. The number of anilines is 1. The lowest BCUT2D eigenvalue weighted by molar-refractivity contribution is 0.0979. The number of ether oxygens (including phenoxy) is 1. The number of fused-ring (bicyclic) bond motifs is 1. The second-order valence-corrected chi connectivity index (χ2v) is 10.0. The van der Waals surface area contributed by atoms with Crippen LogP contribution in [0.1, 0.15) is 65.7 Å². The summed E-state index contributed by atoms with van der Waals surface area (Å²) in [5.41, 5.74) is 6.90. The first-order chi connectivity index (χ1) is 14.2. The van der Waals surface area contributed by atoms with E-state index in [9.17, 15) is 4.79 Å². The second-order valence-electron chi connectivity index (χ2n) is 10.0. The van der Waals surface area contributed by atoms with Gasteiger partial charge in [-0.2, -0.15) is 0 Å². The lowest BCUT2D eigenvalue weighted by Crippen LogP contribution is -2.39. The SMILES string of the molecule is CN(C)Cc1cc(C(C)(C)C)cc2c1C(=O)N(c1ccc(C3CCOC3)cc1)CC2. The van der Waals surface area contributed by atoms with Crippen LogP contribution in [0.5, 0.6) is 0 Å². The molecule has 1 fully saturated rings. The van der Waals surface area contributed by atoms with Crippen LogP contribution < -0.4 is 4.90 Å². The molecular weight excluding hydrogens is 372 g/mol. The van der Waals surface area contributed by atoms with Crippen LogP contribution >= 0.6 is 0 Å². The van der Waals surface area contributed by atoms with Gasteiger partial charge in [0.1, 0.15) is 0 Å². The number of carbonyl (C=O) groups excluding carboxylic acids is 1. The summed E-state index contributed by atoms with van der Waals surface area (Å²) < 4.78 is 5.52. The number of rotatable bonds is 4. The Bertz CT molecular complexity index is 919. The third-order valence-corrected chi connectivity index (χ3v) is 6.32. The number of amides is 1. The fourth-order valence-electron chi connectivity index (χ4n) is 4.58. The van der Waals surface area contributed by atoms with Gasteiger partial charge in [-0.25, -0.2) is 0 Å². The topological polar surface area (TPSA) is 32.8 Å². The Balaban J connectivity index is 1.67. The van der Waals surface area contributed by atoms with Crippen molar-refractivity contribution >= 4 is 11.6 Å². The van der Waals surface area contributed by atoms with Crippen molar-refractivity contribution in [1.29, 1.82) is 0 Å². The predicted molar refractivity (Wildman–Crippen MR) is 123 cm³/mol. The molecule has 160 valence electrons. The first-order valence-electron chi connectivity index (χ1n) is 11.0. The van der Waals surface area contributed by atoms with E-state index >= 15 is 0 Å². The zero-order valence-electron chi connectivity index (χ0n) is 19.0. The molecule has 0 bridgehead atoms. The fourth-order valence-corrected chi connectivity index (χ4v) is 4.58. The highest BCUT2D eigenvalue weighted by Gasteiger charge is 2.30. The van der Waals surface area contributed by atoms with Crippen LogP contribution in [0.15, 0.2) is 36.4 Å². The lowest BCUT2D eigenvalue weighted by atomic mass is 9.81. The van der Waals surface area contributed by atoms with Crippen LogP contribution in [0.2, 0.25) is 0 Å². The molecule has 1 unspecified atom stereocenters. The van der Waals surface area contributed by atoms with Gasteiger partial charge < -0.3 is 14.5 Å². The van der Waals surface area contributed by atoms with Gasteiger partial charge in [-0.1, -0.05) is 45.0 Å². The van der Waals surface area contributed by atoms with E-state index < -0.39 is 0 Å². The molecule has 4 heteroatoms. The number of benzene rings is 2. The summed E-state index contributed by atoms with van der Waals surface area (Å²) in [6, 6.07) is 13.0. The molecule has 2 heterocycles. The van der Waals surface area contributed by atoms with Gasteiger partial charge >= 0.3 is 0 Å². The van der Waals surface area contributed by atoms with Crippen molar-refractivity contribution < 1.29 is 9.53 Å². The first-order valence-corrected chi connectivity index (χ1v) is 11.0. The molecule has 1 saturated heterocycles. The van der Waals surface area contributed by atoms with Gasteiger partial charge in [0.25, 0.3) is 5.91 Å². The summed E-state index contributed by atoms with van der Waals surface area (Å²) in [7, 11) is 4.12. The van der Waals surface area contributed by atoms with E-state index in [1.165, 1.54) is 16.7 Å². The average Bonchev–Trinajstić information content (AvgIpc) is 3.22. The van der Waals surface area contributed by atoms with E-state index in [-0.39, 0.29) is 11.3 Å². The van der Waals surface area contributed by atoms with Gasteiger partial charge in [0.2, 0.25) is 0 Å². The van der Waals surface area contributed by atoms with Crippen molar-refractivity contribution in [3.05, 3.63) is 64.2 Å². The van der Waals surface area contributed by atoms with E-state index in [1.54, 1.807) is 0 Å². The first kappa shape index (κ1) is 21.1. The van der Waals surface area contributed by atoms with E-state index in [0.29, 0.717) is 5.92 Å². The van der Waals surface area contributed by atoms with Crippen molar-refractivity contribution in [2.45, 2.75) is 51.5 Å². The summed E-state index contributed by atoms with van der Waals surface area (Å²) in [5.74, 6) is 0.616. The van der Waals surface area contributed by atoms with Gasteiger partial charge in [0.15, 0.2) is 0 Å². The van der Waals surface area contributed by atoms with Crippen LogP contribution in [0.4, 0.5) is 5.69 Å². The molecule has 0 saturated carbocycles. The van der Waals surface area contributed by atoms with Crippen LogP contribution in [0.25, 0.3) is 0 Å². The molecule has 2 aliphatic rings. The quantitative estimate of drug-likeness (QED) is 0.734. The molecule has 0 spiro atoms. The number of hydrogen-bond donors (Lipinski definition) is 0. The van der Waals surface area contributed by atoms with E-state index in [2.05, 4.69) is 76.2 Å². The Labute approximate surface area is 180 Å². The highest BCUT2D eigenvalue weighted by atomic mass is 16.5. The summed E-state index contributed by atoms with van der Waals surface area (Å²) in [4.78, 5) is 17.7. The van der Waals surface area contributed by atoms with E-state index in [1.807, 2.05) is 4.90 Å². The van der Waals surface area contributed by atoms with Gasteiger partial charge in [-0.3, -0.25) is 4.79 Å². The van der Waals surface area contributed by atoms with Gasteiger partial charge in [0, 0.05) is 36.9 Å². The summed E-state index contributed by atoms with van der Waals surface area (Å²) in [5, 5.41) is 0. The molecule has 0 radical (unpaired) electrons. The molecule has 0 aromatic heterocycles. The molecule has 4 nitrogen and oxygen atoms in total. The normalized spacial score (nSPS) is 19.5. The van der Waals surface area contributed by atoms with Crippen LogP contribution in [-0.4, -0.2) is 44.7 Å². The monoisotopic (exact) mass is 406 g/mol. The summed E-state index contributed by atoms with van der Waals surface area (Å²) in [6.45, 7) is 9.86. The highest BCUT2D eigenvalue weighted by molar-refractivity contribution is 6.09. The minimum Gasteiger partial charge on any atom is -0.381 e. The molecule has 4 rings (SSSR count). The van der Waals surface area contributed by atoms with Crippen LogP contribution in [-0.2, 0) is 23.1 Å². The van der Waals surface area contributed by atoms with Crippen LogP contribution in [0.3, 0.4) is 0 Å². The van der Waals surface area contributed by atoms with Gasteiger partial charge in [0.05, 0.1) is 6.61 Å². The number of nitrogens with zero attached hydrogens (tertiary/aromatic N) is 2. The predicted octanol–water partition coefficient (Wildman–Crippen LogP) is 4.75. The molecule has 2 aromatic rings. The largest absolute Gasteiger partial charge is 0.381 e. The molecular formula is C26H34N2O2.